The molecule has 0 spiro atoms. The first-order valence-electron chi connectivity index (χ1n) is 6.06. The van der Waals surface area contributed by atoms with Gasteiger partial charge in [0, 0.05) is 5.08 Å². The van der Waals surface area contributed by atoms with Crippen molar-refractivity contribution in [1.82, 2.24) is 0 Å². The molecule has 0 atom stereocenters. The van der Waals surface area contributed by atoms with E-state index >= 15 is 0 Å². The van der Waals surface area contributed by atoms with Gasteiger partial charge in [-0.3, -0.25) is 0 Å². The number of thioether (sulfide) groups is 2. The maximum absolute atomic E-state index is 8.75. The highest BCUT2D eigenvalue weighted by molar-refractivity contribution is 8.21. The van der Waals surface area contributed by atoms with E-state index in [1.165, 1.54) is 5.08 Å². The number of para-hydroxylation sites is 1. The van der Waals surface area contributed by atoms with E-state index < -0.39 is 8.60 Å². The fourth-order valence-corrected chi connectivity index (χ4v) is 3.38. The second kappa shape index (κ2) is 10.6. The molecule has 0 aromatic heterocycles. The van der Waals surface area contributed by atoms with Crippen LogP contribution in [0.5, 0.6) is 5.75 Å². The minimum absolute atomic E-state index is 0.581. The molecule has 106 valence electrons. The summed E-state index contributed by atoms with van der Waals surface area (Å²) >= 11 is 3.71. The van der Waals surface area contributed by atoms with E-state index in [-0.39, 0.29) is 0 Å². The van der Waals surface area contributed by atoms with Crippen LogP contribution in [0.25, 0.3) is 0 Å². The van der Waals surface area contributed by atoms with Crippen LogP contribution in [0.1, 0.15) is 25.3 Å². The van der Waals surface area contributed by atoms with Gasteiger partial charge in [-0.15, -0.1) is 23.5 Å². The molecule has 1 heterocycles. The zero-order valence-corrected chi connectivity index (χ0v) is 13.4. The Labute approximate surface area is 124 Å². The Morgan fingerprint density at radius 1 is 1.21 bits per heavy atom. The normalized spacial score (nSPS) is 13.3. The average molecular weight is 318 g/mol. The van der Waals surface area contributed by atoms with Crippen molar-refractivity contribution in [3.63, 3.8) is 0 Å². The van der Waals surface area contributed by atoms with Crippen LogP contribution in [0.3, 0.4) is 0 Å². The Balaban J connectivity index is 0.000000300. The molecule has 0 fully saturated rings. The second-order valence-corrected chi connectivity index (χ2v) is 6.62. The van der Waals surface area contributed by atoms with Gasteiger partial charge in [0.15, 0.2) is 0 Å². The SMILES string of the molecule is C1=CSCS1.CCCCc1ccccc1OP(O)O. The van der Waals surface area contributed by atoms with Crippen LogP contribution in [0.4, 0.5) is 0 Å². The summed E-state index contributed by atoms with van der Waals surface area (Å²) in [7, 11) is -2.31. The molecule has 0 saturated carbocycles. The van der Waals surface area contributed by atoms with Crippen LogP contribution in [0.15, 0.2) is 35.1 Å². The van der Waals surface area contributed by atoms with Crippen molar-refractivity contribution in [3.8, 4) is 5.75 Å². The van der Waals surface area contributed by atoms with Gasteiger partial charge in [0.25, 0.3) is 0 Å². The first kappa shape index (κ1) is 16.9. The summed E-state index contributed by atoms with van der Waals surface area (Å²) in [6.07, 6.45) is 3.10. The molecule has 0 aliphatic carbocycles. The quantitative estimate of drug-likeness (QED) is 0.782. The molecule has 3 nitrogen and oxygen atoms in total. The fourth-order valence-electron chi connectivity index (χ4n) is 1.45. The Morgan fingerprint density at radius 2 is 1.89 bits per heavy atom. The van der Waals surface area contributed by atoms with Crippen LogP contribution in [0.2, 0.25) is 0 Å². The van der Waals surface area contributed by atoms with Crippen molar-refractivity contribution in [1.29, 1.82) is 0 Å². The molecule has 0 saturated heterocycles. The van der Waals surface area contributed by atoms with Crippen molar-refractivity contribution in [2.45, 2.75) is 26.2 Å². The summed E-state index contributed by atoms with van der Waals surface area (Å²) < 4.78 is 4.92. The minimum Gasteiger partial charge on any atom is -0.427 e. The van der Waals surface area contributed by atoms with Gasteiger partial charge < -0.3 is 14.3 Å². The summed E-state index contributed by atoms with van der Waals surface area (Å²) in [5.74, 6) is 0.581. The van der Waals surface area contributed by atoms with Crippen LogP contribution < -0.4 is 4.52 Å². The lowest BCUT2D eigenvalue weighted by Gasteiger charge is -2.10. The predicted molar refractivity (Wildman–Crippen MR) is 86.2 cm³/mol. The lowest BCUT2D eigenvalue weighted by molar-refractivity contribution is 0.373. The lowest BCUT2D eigenvalue weighted by atomic mass is 10.1. The highest BCUT2D eigenvalue weighted by atomic mass is 32.2. The van der Waals surface area contributed by atoms with Crippen LogP contribution in [-0.4, -0.2) is 14.9 Å². The molecular weight excluding hydrogens is 299 g/mol. The van der Waals surface area contributed by atoms with E-state index in [9.17, 15) is 0 Å². The zero-order chi connectivity index (χ0) is 13.9. The monoisotopic (exact) mass is 318 g/mol. The molecule has 1 aliphatic rings. The van der Waals surface area contributed by atoms with Gasteiger partial charge in [-0.05, 0) is 35.3 Å². The number of benzene rings is 1. The van der Waals surface area contributed by atoms with Gasteiger partial charge in [0.1, 0.15) is 5.75 Å². The molecule has 1 aromatic rings. The average Bonchev–Trinajstić information content (AvgIpc) is 2.96. The first-order chi connectivity index (χ1) is 9.24. The highest BCUT2D eigenvalue weighted by Crippen LogP contribution is 2.31. The van der Waals surface area contributed by atoms with Crippen LogP contribution >= 0.6 is 32.1 Å². The van der Waals surface area contributed by atoms with Gasteiger partial charge in [0.05, 0.1) is 0 Å². The maximum atomic E-state index is 8.75. The molecule has 0 unspecified atom stereocenters. The van der Waals surface area contributed by atoms with Gasteiger partial charge in [-0.25, -0.2) is 0 Å². The molecule has 0 amide bonds. The second-order valence-electron chi connectivity index (χ2n) is 3.78. The summed E-state index contributed by atoms with van der Waals surface area (Å²) in [5.41, 5.74) is 1.03. The van der Waals surface area contributed by atoms with Crippen LogP contribution in [0, 0.1) is 0 Å². The van der Waals surface area contributed by atoms with E-state index in [1.54, 1.807) is 6.07 Å². The molecule has 6 heteroatoms. The Kier molecular flexibility index (Phi) is 9.39. The third-order valence-corrected chi connectivity index (χ3v) is 4.61. The molecule has 1 aromatic carbocycles. The third-order valence-electron chi connectivity index (χ3n) is 2.34. The number of unbranched alkanes of at least 4 members (excludes halogenated alkanes) is 1. The summed E-state index contributed by atoms with van der Waals surface area (Å²) in [5, 5.41) is 5.45. The Morgan fingerprint density at radius 3 is 2.42 bits per heavy atom. The minimum atomic E-state index is -2.31. The largest absolute Gasteiger partial charge is 0.427 e. The molecule has 2 N–H and O–H groups in total. The molecule has 0 radical (unpaired) electrons. The number of rotatable bonds is 5. The van der Waals surface area contributed by atoms with E-state index in [4.69, 9.17) is 14.3 Å². The molecule has 2 rings (SSSR count). The van der Waals surface area contributed by atoms with Gasteiger partial charge in [-0.1, -0.05) is 31.5 Å². The third kappa shape index (κ3) is 7.85. The zero-order valence-electron chi connectivity index (χ0n) is 10.9. The molecule has 1 aliphatic heterocycles. The van der Waals surface area contributed by atoms with Crippen molar-refractivity contribution in [3.05, 3.63) is 40.6 Å². The van der Waals surface area contributed by atoms with Crippen LogP contribution in [-0.2, 0) is 6.42 Å². The molecule has 0 bridgehead atoms. The van der Waals surface area contributed by atoms with E-state index in [2.05, 4.69) is 17.7 Å². The van der Waals surface area contributed by atoms with Crippen molar-refractivity contribution in [2.75, 3.05) is 5.08 Å². The van der Waals surface area contributed by atoms with Crippen molar-refractivity contribution in [2.24, 2.45) is 0 Å². The number of hydrogen-bond acceptors (Lipinski definition) is 5. The summed E-state index contributed by atoms with van der Waals surface area (Å²) in [4.78, 5) is 17.5. The van der Waals surface area contributed by atoms with Crippen molar-refractivity contribution < 1.29 is 14.3 Å². The Hall–Kier alpha value is -0.190. The highest BCUT2D eigenvalue weighted by Gasteiger charge is 2.06. The van der Waals surface area contributed by atoms with E-state index in [0.717, 1.165) is 24.8 Å². The first-order valence-corrected chi connectivity index (χ1v) is 9.32. The topological polar surface area (TPSA) is 49.7 Å². The van der Waals surface area contributed by atoms with Gasteiger partial charge in [-0.2, -0.15) is 0 Å². The summed E-state index contributed by atoms with van der Waals surface area (Å²) in [6, 6.07) is 7.45. The van der Waals surface area contributed by atoms with Gasteiger partial charge in [0.2, 0.25) is 0 Å². The van der Waals surface area contributed by atoms with E-state index in [0.29, 0.717) is 5.75 Å². The smallest absolute Gasteiger partial charge is 0.391 e. The summed E-state index contributed by atoms with van der Waals surface area (Å²) in [6.45, 7) is 2.12. The fraction of sp³-hybridized carbons (Fsp3) is 0.385. The number of hydrogen-bond donors (Lipinski definition) is 2. The number of aryl methyl sites for hydroxylation is 1. The molecule has 19 heavy (non-hydrogen) atoms. The van der Waals surface area contributed by atoms with Crippen molar-refractivity contribution >= 4 is 32.1 Å². The van der Waals surface area contributed by atoms with Gasteiger partial charge >= 0.3 is 8.60 Å². The molecular formula is C13H19O3PS2. The maximum Gasteiger partial charge on any atom is 0.391 e. The predicted octanol–water partition coefficient (Wildman–Crippen LogP) is 4.51. The standard InChI is InChI=1S/C10H15O3P.C3H4S2/c1-2-3-6-9-7-4-5-8-10(9)13-14(11)12;1-2-5-3-4-1/h4-5,7-8,11-12H,2-3,6H2,1H3;1-2H,3H2. The van der Waals surface area contributed by atoms with E-state index in [1.807, 2.05) is 41.7 Å². The Bertz CT molecular complexity index is 380. The lowest BCUT2D eigenvalue weighted by Crippen LogP contribution is -1.92.